The van der Waals surface area contributed by atoms with E-state index in [0.717, 1.165) is 5.56 Å². The number of nitrogens with zero attached hydrogens (tertiary/aromatic N) is 1. The van der Waals surface area contributed by atoms with Gasteiger partial charge in [-0.2, -0.15) is 8.42 Å². The van der Waals surface area contributed by atoms with E-state index < -0.39 is 15.5 Å². The van der Waals surface area contributed by atoms with Crippen molar-refractivity contribution in [2.75, 3.05) is 0 Å². The molecule has 1 aromatic rings. The summed E-state index contributed by atoms with van der Waals surface area (Å²) in [4.78, 5) is 3.71. The lowest BCUT2D eigenvalue weighted by Gasteiger charge is -2.04. The van der Waals surface area contributed by atoms with Crippen LogP contribution in [0, 0.1) is 0 Å². The van der Waals surface area contributed by atoms with E-state index >= 15 is 0 Å². The highest BCUT2D eigenvalue weighted by Crippen LogP contribution is 2.29. The third-order valence-corrected chi connectivity index (χ3v) is 2.83. The van der Waals surface area contributed by atoms with Crippen LogP contribution in [0.2, 0.25) is 0 Å². The minimum atomic E-state index is -4.11. The van der Waals surface area contributed by atoms with Gasteiger partial charge in [-0.25, -0.2) is 0 Å². The topological polar surface area (TPSA) is 66.7 Å². The molecule has 0 saturated carbocycles. The van der Waals surface area contributed by atoms with Crippen molar-refractivity contribution in [1.29, 1.82) is 0 Å². The molecule has 0 spiro atoms. The van der Waals surface area contributed by atoms with Gasteiger partial charge in [-0.15, -0.1) is 0 Å². The van der Waals surface area contributed by atoms with Crippen molar-refractivity contribution in [2.45, 2.75) is 5.37 Å². The average molecular weight is 197 g/mol. The predicted octanol–water partition coefficient (Wildman–Crippen LogP) is 1.01. The summed E-state index contributed by atoms with van der Waals surface area (Å²) in [5.41, 5.74) is 1.27. The van der Waals surface area contributed by atoms with Crippen molar-refractivity contribution in [3.05, 3.63) is 35.4 Å². The van der Waals surface area contributed by atoms with E-state index in [1.165, 1.54) is 6.21 Å². The Balaban J connectivity index is 2.57. The number of aliphatic imine (C=N–C) groups is 1. The molecule has 68 valence electrons. The van der Waals surface area contributed by atoms with E-state index in [9.17, 15) is 8.42 Å². The van der Waals surface area contributed by atoms with Crippen molar-refractivity contribution in [2.24, 2.45) is 4.99 Å². The van der Waals surface area contributed by atoms with Crippen LogP contribution in [0.25, 0.3) is 0 Å². The van der Waals surface area contributed by atoms with Crippen LogP contribution >= 0.6 is 0 Å². The van der Waals surface area contributed by atoms with Crippen molar-refractivity contribution < 1.29 is 13.0 Å². The second-order valence-electron chi connectivity index (χ2n) is 2.77. The van der Waals surface area contributed by atoms with E-state index in [1.54, 1.807) is 24.3 Å². The minimum Gasteiger partial charge on any atom is -0.284 e. The molecule has 1 aliphatic rings. The first-order valence-corrected chi connectivity index (χ1v) is 5.18. The second kappa shape index (κ2) is 2.65. The Morgan fingerprint density at radius 3 is 2.69 bits per heavy atom. The van der Waals surface area contributed by atoms with Gasteiger partial charge in [-0.05, 0) is 5.56 Å². The first kappa shape index (κ1) is 8.40. The summed E-state index contributed by atoms with van der Waals surface area (Å²) in [6.07, 6.45) is 1.45. The van der Waals surface area contributed by atoms with Crippen LogP contribution in [0.5, 0.6) is 0 Å². The maximum absolute atomic E-state index is 10.8. The molecular formula is C8H7NO3S. The van der Waals surface area contributed by atoms with Crippen LogP contribution in [0.4, 0.5) is 0 Å². The molecule has 1 unspecified atom stereocenters. The van der Waals surface area contributed by atoms with Crippen molar-refractivity contribution in [3.8, 4) is 0 Å². The van der Waals surface area contributed by atoms with E-state index in [2.05, 4.69) is 4.99 Å². The van der Waals surface area contributed by atoms with Crippen LogP contribution in [0.1, 0.15) is 16.5 Å². The van der Waals surface area contributed by atoms with Crippen molar-refractivity contribution in [3.63, 3.8) is 0 Å². The molecule has 1 aromatic carbocycles. The van der Waals surface area contributed by atoms with Crippen LogP contribution in [-0.4, -0.2) is 19.2 Å². The maximum Gasteiger partial charge on any atom is 0.292 e. The maximum atomic E-state index is 10.8. The van der Waals surface area contributed by atoms with Gasteiger partial charge in [0.2, 0.25) is 5.37 Å². The lowest BCUT2D eigenvalue weighted by molar-refractivity contribution is 0.471. The largest absolute Gasteiger partial charge is 0.292 e. The molecule has 1 atom stereocenters. The summed E-state index contributed by atoms with van der Waals surface area (Å²) in [6, 6.07) is 6.90. The lowest BCUT2D eigenvalue weighted by atomic mass is 10.1. The first-order valence-electron chi connectivity index (χ1n) is 3.67. The highest BCUT2D eigenvalue weighted by Gasteiger charge is 2.28. The molecule has 0 aromatic heterocycles. The Morgan fingerprint density at radius 2 is 2.00 bits per heavy atom. The molecule has 0 aliphatic carbocycles. The van der Waals surface area contributed by atoms with E-state index in [0.29, 0.717) is 5.56 Å². The summed E-state index contributed by atoms with van der Waals surface area (Å²) in [5.74, 6) is 0. The molecule has 1 N–H and O–H groups in total. The molecule has 0 radical (unpaired) electrons. The molecule has 2 rings (SSSR count). The van der Waals surface area contributed by atoms with Gasteiger partial charge in [-0.1, -0.05) is 24.3 Å². The summed E-state index contributed by atoms with van der Waals surface area (Å²) >= 11 is 0. The van der Waals surface area contributed by atoms with Gasteiger partial charge in [0.15, 0.2) is 0 Å². The quantitative estimate of drug-likeness (QED) is 0.683. The average Bonchev–Trinajstić information content (AvgIpc) is 2.45. The first-order chi connectivity index (χ1) is 6.09. The van der Waals surface area contributed by atoms with E-state index in [-0.39, 0.29) is 0 Å². The SMILES string of the molecule is O=S(=O)(O)C1N=Cc2ccccc21. The second-order valence-corrected chi connectivity index (χ2v) is 4.25. The van der Waals surface area contributed by atoms with Crippen molar-refractivity contribution in [1.82, 2.24) is 0 Å². The fraction of sp³-hybridized carbons (Fsp3) is 0.125. The summed E-state index contributed by atoms with van der Waals surface area (Å²) in [6.45, 7) is 0. The Kier molecular flexibility index (Phi) is 1.71. The van der Waals surface area contributed by atoms with Gasteiger partial charge < -0.3 is 0 Å². The van der Waals surface area contributed by atoms with Gasteiger partial charge in [0.1, 0.15) is 0 Å². The summed E-state index contributed by atoms with van der Waals surface area (Å²) in [5, 5.41) is -1.14. The number of hydrogen-bond donors (Lipinski definition) is 1. The third kappa shape index (κ3) is 1.36. The molecule has 4 nitrogen and oxygen atoms in total. The van der Waals surface area contributed by atoms with Gasteiger partial charge in [0.05, 0.1) is 0 Å². The number of fused-ring (bicyclic) bond motifs is 1. The fourth-order valence-corrected chi connectivity index (χ4v) is 2.07. The van der Waals surface area contributed by atoms with Crippen molar-refractivity contribution >= 4 is 16.3 Å². The number of rotatable bonds is 1. The molecule has 0 fully saturated rings. The van der Waals surface area contributed by atoms with Gasteiger partial charge in [0.25, 0.3) is 10.1 Å². The van der Waals surface area contributed by atoms with Crippen LogP contribution < -0.4 is 0 Å². The summed E-state index contributed by atoms with van der Waals surface area (Å²) < 4.78 is 30.5. The van der Waals surface area contributed by atoms with Gasteiger partial charge in [0, 0.05) is 11.8 Å². The highest BCUT2D eigenvalue weighted by molar-refractivity contribution is 7.86. The molecular weight excluding hydrogens is 190 g/mol. The monoisotopic (exact) mass is 197 g/mol. The molecule has 0 bridgehead atoms. The smallest absolute Gasteiger partial charge is 0.284 e. The standard InChI is InChI=1S/C8H7NO3S/c10-13(11,12)8-7-4-2-1-3-6(7)5-9-8/h1-5,8H,(H,10,11,12). The Morgan fingerprint density at radius 1 is 1.31 bits per heavy atom. The van der Waals surface area contributed by atoms with E-state index in [1.807, 2.05) is 0 Å². The molecule has 0 saturated heterocycles. The zero-order chi connectivity index (χ0) is 9.47. The van der Waals surface area contributed by atoms with Crippen LogP contribution in [0.15, 0.2) is 29.3 Å². The zero-order valence-corrected chi connectivity index (χ0v) is 7.40. The Bertz CT molecular complexity index is 464. The minimum absolute atomic E-state index is 0.532. The Hall–Kier alpha value is -1.20. The molecule has 5 heteroatoms. The van der Waals surface area contributed by atoms with Gasteiger partial charge >= 0.3 is 0 Å². The number of benzene rings is 1. The van der Waals surface area contributed by atoms with Crippen LogP contribution in [-0.2, 0) is 10.1 Å². The van der Waals surface area contributed by atoms with Crippen LogP contribution in [0.3, 0.4) is 0 Å². The summed E-state index contributed by atoms with van der Waals surface area (Å²) in [7, 11) is -4.11. The fourth-order valence-electron chi connectivity index (χ4n) is 1.32. The van der Waals surface area contributed by atoms with Gasteiger partial charge in [-0.3, -0.25) is 9.55 Å². The molecule has 1 heterocycles. The third-order valence-electron chi connectivity index (χ3n) is 1.89. The Labute approximate surface area is 75.7 Å². The number of hydrogen-bond acceptors (Lipinski definition) is 3. The van der Waals surface area contributed by atoms with E-state index in [4.69, 9.17) is 4.55 Å². The molecule has 1 aliphatic heterocycles. The predicted molar refractivity (Wildman–Crippen MR) is 48.3 cm³/mol. The normalized spacial score (nSPS) is 20.2. The highest BCUT2D eigenvalue weighted by atomic mass is 32.2. The lowest BCUT2D eigenvalue weighted by Crippen LogP contribution is -2.07. The molecule has 13 heavy (non-hydrogen) atoms. The zero-order valence-electron chi connectivity index (χ0n) is 6.58. The molecule has 0 amide bonds.